The van der Waals surface area contributed by atoms with Crippen molar-refractivity contribution in [2.75, 3.05) is 0 Å². The second kappa shape index (κ2) is 4.92. The van der Waals surface area contributed by atoms with Crippen molar-refractivity contribution in [1.29, 1.82) is 0 Å². The minimum absolute atomic E-state index is 1.13. The SMILES string of the molecule is C[Si](C)(C)/C=[C](\c1ccccc1)[Ge]([CH3])([CH3])[CH3]. The molecule has 0 nitrogen and oxygen atoms in total. The van der Waals surface area contributed by atoms with Gasteiger partial charge in [-0.25, -0.2) is 0 Å². The van der Waals surface area contributed by atoms with Crippen LogP contribution in [0.2, 0.25) is 36.9 Å². The van der Waals surface area contributed by atoms with Crippen LogP contribution in [0, 0.1) is 0 Å². The molecule has 0 radical (unpaired) electrons. The molecule has 0 saturated carbocycles. The van der Waals surface area contributed by atoms with Gasteiger partial charge in [0.15, 0.2) is 0 Å². The first-order valence-corrected chi connectivity index (χ1v) is 16.9. The zero-order valence-electron chi connectivity index (χ0n) is 11.5. The van der Waals surface area contributed by atoms with Crippen molar-refractivity contribution >= 4 is 25.7 Å². The molecule has 0 heterocycles. The molecule has 0 N–H and O–H groups in total. The first kappa shape index (κ1) is 13.8. The van der Waals surface area contributed by atoms with Gasteiger partial charge in [0.25, 0.3) is 0 Å². The molecule has 0 spiro atoms. The zero-order chi connectivity index (χ0) is 12.4. The molecule has 2 heteroatoms. The van der Waals surface area contributed by atoms with Crippen LogP contribution in [0.4, 0.5) is 0 Å². The van der Waals surface area contributed by atoms with Crippen molar-refractivity contribution in [1.82, 2.24) is 0 Å². The number of rotatable bonds is 3. The summed E-state index contributed by atoms with van der Waals surface area (Å²) in [4.78, 5) is 0. The average Bonchev–Trinajstić information content (AvgIpc) is 2.13. The van der Waals surface area contributed by atoms with Crippen molar-refractivity contribution in [3.05, 3.63) is 41.6 Å². The molecule has 88 valence electrons. The van der Waals surface area contributed by atoms with Gasteiger partial charge in [0, 0.05) is 0 Å². The van der Waals surface area contributed by atoms with Gasteiger partial charge in [0.1, 0.15) is 0 Å². The Morgan fingerprint density at radius 3 is 1.88 bits per heavy atom. The van der Waals surface area contributed by atoms with Crippen molar-refractivity contribution in [3.63, 3.8) is 0 Å². The maximum absolute atomic E-state index is 2.61. The predicted molar refractivity (Wildman–Crippen MR) is 81.1 cm³/mol. The van der Waals surface area contributed by atoms with Crippen LogP contribution in [-0.2, 0) is 0 Å². The summed E-state index contributed by atoms with van der Waals surface area (Å²) in [5, 5.41) is 0. The Labute approximate surface area is 104 Å². The van der Waals surface area contributed by atoms with Gasteiger partial charge in [-0.05, 0) is 0 Å². The predicted octanol–water partition coefficient (Wildman–Crippen LogP) is 4.82. The second-order valence-corrected chi connectivity index (χ2v) is 22.1. The molecule has 0 amide bonds. The van der Waals surface area contributed by atoms with E-state index in [2.05, 4.69) is 72.9 Å². The van der Waals surface area contributed by atoms with Gasteiger partial charge in [-0.2, -0.15) is 0 Å². The zero-order valence-corrected chi connectivity index (χ0v) is 14.6. The van der Waals surface area contributed by atoms with Crippen LogP contribution in [0.25, 0.3) is 4.41 Å². The molecule has 1 aromatic carbocycles. The maximum atomic E-state index is 2.61. The van der Waals surface area contributed by atoms with E-state index in [0.717, 1.165) is 0 Å². The molecule has 0 bridgehead atoms. The fourth-order valence-electron chi connectivity index (χ4n) is 1.78. The average molecular weight is 293 g/mol. The van der Waals surface area contributed by atoms with Crippen LogP contribution in [0.5, 0.6) is 0 Å². The fourth-order valence-corrected chi connectivity index (χ4v) is 10.9. The van der Waals surface area contributed by atoms with E-state index in [9.17, 15) is 0 Å². The molecule has 0 aliphatic heterocycles. The van der Waals surface area contributed by atoms with Crippen LogP contribution in [0.3, 0.4) is 0 Å². The van der Waals surface area contributed by atoms with E-state index >= 15 is 0 Å². The first-order valence-electron chi connectivity index (χ1n) is 5.99. The van der Waals surface area contributed by atoms with E-state index in [1.54, 1.807) is 4.41 Å². The number of hydrogen-bond acceptors (Lipinski definition) is 0. The molecular formula is C14H24GeSi. The summed E-state index contributed by atoms with van der Waals surface area (Å²) < 4.78 is 1.68. The Bertz CT molecular complexity index is 366. The van der Waals surface area contributed by atoms with Gasteiger partial charge in [0.2, 0.25) is 0 Å². The van der Waals surface area contributed by atoms with Crippen LogP contribution in [0.1, 0.15) is 5.56 Å². The summed E-state index contributed by atoms with van der Waals surface area (Å²) in [5.41, 5.74) is 4.07. The molecule has 0 unspecified atom stereocenters. The van der Waals surface area contributed by atoms with E-state index < -0.39 is 21.3 Å². The third-order valence-electron chi connectivity index (χ3n) is 2.47. The third-order valence-corrected chi connectivity index (χ3v) is 8.53. The summed E-state index contributed by atoms with van der Waals surface area (Å²) in [5.74, 6) is 7.46. The van der Waals surface area contributed by atoms with Crippen molar-refractivity contribution < 1.29 is 0 Å². The topological polar surface area (TPSA) is 0 Å². The van der Waals surface area contributed by atoms with E-state index in [-0.39, 0.29) is 0 Å². The third kappa shape index (κ3) is 4.30. The van der Waals surface area contributed by atoms with Gasteiger partial charge in [-0.15, -0.1) is 0 Å². The number of hydrogen-bond donors (Lipinski definition) is 0. The molecule has 1 aromatic rings. The Hall–Kier alpha value is -0.280. The molecule has 0 saturated heterocycles. The molecule has 0 atom stereocenters. The first-order chi connectivity index (χ1) is 7.20. The van der Waals surface area contributed by atoms with Gasteiger partial charge in [-0.3, -0.25) is 0 Å². The standard InChI is InChI=1S/C14H24GeSi/c1-15(2,3)14(12-16(4,5)6)13-10-8-7-9-11-13/h7-12H,1-6H3/b14-12+. The van der Waals surface area contributed by atoms with E-state index in [0.29, 0.717) is 0 Å². The molecular weight excluding hydrogens is 269 g/mol. The Morgan fingerprint density at radius 1 is 1.00 bits per heavy atom. The molecule has 0 fully saturated rings. The van der Waals surface area contributed by atoms with Gasteiger partial charge < -0.3 is 0 Å². The monoisotopic (exact) mass is 294 g/mol. The quantitative estimate of drug-likeness (QED) is 0.700. The van der Waals surface area contributed by atoms with Crippen molar-refractivity contribution in [2.24, 2.45) is 0 Å². The Balaban J connectivity index is 3.24. The molecule has 1 rings (SSSR count). The van der Waals surface area contributed by atoms with E-state index in [4.69, 9.17) is 0 Å². The van der Waals surface area contributed by atoms with Crippen LogP contribution < -0.4 is 0 Å². The van der Waals surface area contributed by atoms with Crippen molar-refractivity contribution in [3.8, 4) is 0 Å². The second-order valence-electron chi connectivity index (χ2n) is 6.54. The summed E-state index contributed by atoms with van der Waals surface area (Å²) in [6.45, 7) is 7.26. The summed E-state index contributed by atoms with van der Waals surface area (Å²) in [6.07, 6.45) is 0. The Morgan fingerprint density at radius 2 is 1.50 bits per heavy atom. The van der Waals surface area contributed by atoms with E-state index in [1.165, 1.54) is 5.56 Å². The normalized spacial score (nSPS) is 14.0. The summed E-state index contributed by atoms with van der Waals surface area (Å²) >= 11 is -1.75. The van der Waals surface area contributed by atoms with Crippen LogP contribution >= 0.6 is 0 Å². The van der Waals surface area contributed by atoms with Crippen molar-refractivity contribution in [2.45, 2.75) is 36.9 Å². The van der Waals surface area contributed by atoms with Crippen LogP contribution in [0.15, 0.2) is 36.0 Å². The molecule has 0 aliphatic rings. The molecule has 0 aliphatic carbocycles. The fraction of sp³-hybridized carbons (Fsp3) is 0.429. The van der Waals surface area contributed by atoms with Crippen LogP contribution in [-0.4, -0.2) is 21.3 Å². The van der Waals surface area contributed by atoms with Gasteiger partial charge in [0.05, 0.1) is 0 Å². The van der Waals surface area contributed by atoms with Gasteiger partial charge >= 0.3 is 104 Å². The number of benzene rings is 1. The molecule has 16 heavy (non-hydrogen) atoms. The summed E-state index contributed by atoms with van der Waals surface area (Å²) in [6, 6.07) is 10.9. The Kier molecular flexibility index (Phi) is 4.24. The minimum atomic E-state index is -1.75. The molecule has 0 aromatic heterocycles. The summed E-state index contributed by atoms with van der Waals surface area (Å²) in [7, 11) is -1.13. The van der Waals surface area contributed by atoms with Gasteiger partial charge in [-0.1, -0.05) is 0 Å². The van der Waals surface area contributed by atoms with E-state index in [1.807, 2.05) is 0 Å².